The highest BCUT2D eigenvalue weighted by Crippen LogP contribution is 2.69. The molecule has 0 N–H and O–H groups in total. The Morgan fingerprint density at radius 2 is 1.82 bits per heavy atom. The van der Waals surface area contributed by atoms with Crippen LogP contribution in [0.1, 0.15) is 55.3 Å². The zero-order valence-corrected chi connectivity index (χ0v) is 18.4. The van der Waals surface area contributed by atoms with Crippen molar-refractivity contribution >= 4 is 0 Å². The van der Waals surface area contributed by atoms with Crippen LogP contribution >= 0.6 is 0 Å². The third-order valence-corrected chi connectivity index (χ3v) is 7.51. The third kappa shape index (κ3) is 2.60. The maximum absolute atomic E-state index is 14.4. The summed E-state index contributed by atoms with van der Waals surface area (Å²) < 4.78 is 34.4. The maximum atomic E-state index is 14.4. The Morgan fingerprint density at radius 3 is 2.55 bits per heavy atom. The first kappa shape index (κ1) is 20.1. The van der Waals surface area contributed by atoms with E-state index in [1.165, 1.54) is 18.2 Å². The summed E-state index contributed by atoms with van der Waals surface area (Å²) in [5, 5.41) is 8.83. The number of hydrogen-bond donors (Lipinski definition) is 0. The van der Waals surface area contributed by atoms with Crippen LogP contribution in [0.25, 0.3) is 22.8 Å². The van der Waals surface area contributed by atoms with Crippen LogP contribution in [-0.2, 0) is 5.41 Å². The van der Waals surface area contributed by atoms with Gasteiger partial charge in [0.25, 0.3) is 0 Å². The Balaban J connectivity index is 1.53. The molecule has 1 saturated carbocycles. The molecule has 0 amide bonds. The van der Waals surface area contributed by atoms with E-state index in [4.69, 9.17) is 9.40 Å². The lowest BCUT2D eigenvalue weighted by atomic mass is 9.66. The van der Waals surface area contributed by atoms with E-state index < -0.39 is 17.0 Å². The van der Waals surface area contributed by atoms with Gasteiger partial charge in [0.2, 0.25) is 5.89 Å². The average molecular weight is 445 g/mol. The largest absolute Gasteiger partial charge is 0.443 e. The van der Waals surface area contributed by atoms with E-state index in [1.807, 2.05) is 6.92 Å². The van der Waals surface area contributed by atoms with Crippen LogP contribution < -0.4 is 0 Å². The standard InChI is InChI=1S/C25H21F2N5O/c1-13-12-33-23(29-13)19-10-28-11-20(30-19)25-8-7-15(24(25,2)3)14-9-18(31-32-22(14)25)21-16(26)5-4-6-17(21)27/h4-6,9-12,15H,7-8H2,1-3H3/t15-,25-/m0/s1. The molecule has 2 bridgehead atoms. The molecule has 1 aromatic carbocycles. The molecule has 6 nitrogen and oxygen atoms in total. The first-order valence-electron chi connectivity index (χ1n) is 10.9. The summed E-state index contributed by atoms with van der Waals surface area (Å²) in [7, 11) is 0. The van der Waals surface area contributed by atoms with Crippen molar-refractivity contribution < 1.29 is 13.2 Å². The Bertz CT molecular complexity index is 1400. The quantitative estimate of drug-likeness (QED) is 0.421. The highest BCUT2D eigenvalue weighted by Gasteiger charge is 2.65. The third-order valence-electron chi connectivity index (χ3n) is 7.51. The first-order valence-corrected chi connectivity index (χ1v) is 10.9. The van der Waals surface area contributed by atoms with Crippen LogP contribution in [-0.4, -0.2) is 25.1 Å². The number of fused-ring (bicyclic) bond motifs is 5. The maximum Gasteiger partial charge on any atom is 0.246 e. The van der Waals surface area contributed by atoms with Crippen LogP contribution in [0.2, 0.25) is 0 Å². The number of benzene rings is 1. The molecule has 3 aromatic heterocycles. The van der Waals surface area contributed by atoms with Crippen molar-refractivity contribution in [3.63, 3.8) is 0 Å². The van der Waals surface area contributed by atoms with Crippen LogP contribution in [0.5, 0.6) is 0 Å². The normalized spacial score (nSPS) is 22.5. The van der Waals surface area contributed by atoms with Crippen molar-refractivity contribution in [2.24, 2.45) is 5.41 Å². The molecule has 2 aliphatic rings. The van der Waals surface area contributed by atoms with E-state index in [1.54, 1.807) is 24.7 Å². The van der Waals surface area contributed by atoms with Gasteiger partial charge >= 0.3 is 0 Å². The number of nitrogens with zero attached hydrogens (tertiary/aromatic N) is 5. The van der Waals surface area contributed by atoms with Gasteiger partial charge in [-0.05, 0) is 54.9 Å². The summed E-state index contributed by atoms with van der Waals surface area (Å²) in [5.74, 6) is -0.728. The summed E-state index contributed by atoms with van der Waals surface area (Å²) in [6, 6.07) is 5.61. The Labute approximate surface area is 189 Å². The van der Waals surface area contributed by atoms with E-state index in [2.05, 4.69) is 34.0 Å². The van der Waals surface area contributed by atoms with Crippen molar-refractivity contribution in [1.82, 2.24) is 25.1 Å². The molecule has 3 heterocycles. The monoisotopic (exact) mass is 445 g/mol. The molecule has 2 atom stereocenters. The second-order valence-corrected chi connectivity index (χ2v) is 9.43. The highest BCUT2D eigenvalue weighted by atomic mass is 19.1. The summed E-state index contributed by atoms with van der Waals surface area (Å²) in [6.45, 7) is 6.24. The van der Waals surface area contributed by atoms with Gasteiger partial charge in [-0.1, -0.05) is 19.9 Å². The average Bonchev–Trinajstić information content (AvgIpc) is 3.40. The molecule has 4 aromatic rings. The van der Waals surface area contributed by atoms with Gasteiger partial charge in [0, 0.05) is 6.20 Å². The van der Waals surface area contributed by atoms with E-state index in [0.717, 1.165) is 35.5 Å². The van der Waals surface area contributed by atoms with Crippen molar-refractivity contribution in [3.8, 4) is 22.8 Å². The fourth-order valence-electron chi connectivity index (χ4n) is 5.90. The molecule has 1 fully saturated rings. The van der Waals surface area contributed by atoms with E-state index in [-0.39, 0.29) is 22.6 Å². The van der Waals surface area contributed by atoms with Crippen molar-refractivity contribution in [2.75, 3.05) is 0 Å². The van der Waals surface area contributed by atoms with Gasteiger partial charge in [-0.25, -0.2) is 18.7 Å². The lowest BCUT2D eigenvalue weighted by Gasteiger charge is -2.37. The van der Waals surface area contributed by atoms with Crippen LogP contribution in [0.15, 0.2) is 47.3 Å². The highest BCUT2D eigenvalue weighted by molar-refractivity contribution is 5.64. The van der Waals surface area contributed by atoms with Crippen molar-refractivity contribution in [3.05, 3.63) is 77.2 Å². The van der Waals surface area contributed by atoms with Gasteiger partial charge in [-0.3, -0.25) is 4.98 Å². The summed E-state index contributed by atoms with van der Waals surface area (Å²) in [5.41, 5.74) is 3.18. The zero-order chi connectivity index (χ0) is 23.0. The molecule has 0 saturated heterocycles. The molecule has 0 radical (unpaired) electrons. The second kappa shape index (κ2) is 6.73. The topological polar surface area (TPSA) is 77.6 Å². The number of halogens is 2. The summed E-state index contributed by atoms with van der Waals surface area (Å²) in [4.78, 5) is 13.7. The van der Waals surface area contributed by atoms with Gasteiger partial charge in [-0.2, -0.15) is 5.10 Å². The van der Waals surface area contributed by atoms with Crippen molar-refractivity contribution in [1.29, 1.82) is 0 Å². The molecule has 2 aliphatic carbocycles. The lowest BCUT2D eigenvalue weighted by Crippen LogP contribution is -2.38. The van der Waals surface area contributed by atoms with Crippen molar-refractivity contribution in [2.45, 2.75) is 44.9 Å². The van der Waals surface area contributed by atoms with Crippen LogP contribution in [0, 0.1) is 24.0 Å². The van der Waals surface area contributed by atoms with Gasteiger partial charge < -0.3 is 4.42 Å². The second-order valence-electron chi connectivity index (χ2n) is 9.43. The summed E-state index contributed by atoms with van der Waals surface area (Å²) in [6.07, 6.45) is 6.73. The van der Waals surface area contributed by atoms with Crippen LogP contribution in [0.3, 0.4) is 0 Å². The number of rotatable bonds is 3. The SMILES string of the molecule is Cc1coc(-c2cncc([C@@]34CC[C@@H](c5cc(-c6c(F)cccc6F)nnc53)C4(C)C)n2)n1. The number of hydrogen-bond acceptors (Lipinski definition) is 6. The zero-order valence-electron chi connectivity index (χ0n) is 18.4. The number of aryl methyl sites for hydroxylation is 1. The predicted molar refractivity (Wildman–Crippen MR) is 116 cm³/mol. The fraction of sp³-hybridized carbons (Fsp3) is 0.320. The fourth-order valence-corrected chi connectivity index (χ4v) is 5.90. The molecule has 33 heavy (non-hydrogen) atoms. The van der Waals surface area contributed by atoms with Crippen LogP contribution in [0.4, 0.5) is 8.78 Å². The minimum absolute atomic E-state index is 0.150. The molecule has 166 valence electrons. The van der Waals surface area contributed by atoms with E-state index in [0.29, 0.717) is 11.6 Å². The Morgan fingerprint density at radius 1 is 1.03 bits per heavy atom. The molecule has 6 rings (SSSR count). The van der Waals surface area contributed by atoms with Gasteiger partial charge in [0.1, 0.15) is 23.6 Å². The molecule has 0 aliphatic heterocycles. The number of aromatic nitrogens is 5. The van der Waals surface area contributed by atoms with Gasteiger partial charge in [-0.15, -0.1) is 5.10 Å². The summed E-state index contributed by atoms with van der Waals surface area (Å²) >= 11 is 0. The van der Waals surface area contributed by atoms with Gasteiger partial charge in [0.05, 0.1) is 40.0 Å². The number of oxazole rings is 1. The first-order chi connectivity index (χ1) is 15.8. The minimum Gasteiger partial charge on any atom is -0.443 e. The Kier molecular flexibility index (Phi) is 4.09. The minimum atomic E-state index is -0.652. The molecule has 8 heteroatoms. The van der Waals surface area contributed by atoms with Gasteiger partial charge in [0.15, 0.2) is 0 Å². The lowest BCUT2D eigenvalue weighted by molar-refractivity contribution is 0.242. The molecular formula is C25H21F2N5O. The smallest absolute Gasteiger partial charge is 0.246 e. The van der Waals surface area contributed by atoms with E-state index in [9.17, 15) is 8.78 Å². The molecule has 0 unspecified atom stereocenters. The Hall–Kier alpha value is -3.55. The predicted octanol–water partition coefficient (Wildman–Crippen LogP) is 5.38. The van der Waals surface area contributed by atoms with E-state index >= 15 is 0 Å². The molecular weight excluding hydrogens is 424 g/mol. The molecule has 0 spiro atoms.